The van der Waals surface area contributed by atoms with Gasteiger partial charge in [-0.05, 0) is 23.4 Å². The molecule has 0 bridgehead atoms. The van der Waals surface area contributed by atoms with Gasteiger partial charge in [-0.3, -0.25) is 4.79 Å². The van der Waals surface area contributed by atoms with Gasteiger partial charge in [0.1, 0.15) is 0 Å². The summed E-state index contributed by atoms with van der Waals surface area (Å²) in [6.45, 7) is 8.39. The Balaban J connectivity index is 4.93. The fraction of sp³-hybridized carbons (Fsp3) is 0.900. The minimum absolute atomic E-state index is 0.192. The Labute approximate surface area is 85.6 Å². The molecule has 0 saturated carbocycles. The van der Waals surface area contributed by atoms with E-state index in [2.05, 4.69) is 0 Å². The lowest BCUT2D eigenvalue weighted by Crippen LogP contribution is -2.42. The molecule has 0 rings (SSSR count). The van der Waals surface area contributed by atoms with Crippen LogP contribution in [0.15, 0.2) is 0 Å². The molecule has 0 aromatic heterocycles. The number of rotatable bonds is 5. The molecule has 0 heterocycles. The topological polar surface area (TPSA) is 26.3 Å². The van der Waals surface area contributed by atoms with Crippen molar-refractivity contribution in [3.63, 3.8) is 0 Å². The lowest BCUT2D eigenvalue weighted by molar-refractivity contribution is -0.130. The first-order chi connectivity index (χ1) is 5.89. The van der Waals surface area contributed by atoms with Gasteiger partial charge in [-0.1, -0.05) is 27.7 Å². The van der Waals surface area contributed by atoms with E-state index in [1.807, 2.05) is 27.7 Å². The SMILES string of the molecule is COCC(C(=O)Cl)(C(C)C)C(C)C. The summed E-state index contributed by atoms with van der Waals surface area (Å²) < 4.78 is 5.09. The molecular formula is C10H19ClO2. The first-order valence-electron chi connectivity index (χ1n) is 4.58. The summed E-state index contributed by atoms with van der Waals surface area (Å²) in [5.41, 5.74) is -0.545. The van der Waals surface area contributed by atoms with E-state index in [-0.39, 0.29) is 17.1 Å². The van der Waals surface area contributed by atoms with Crippen LogP contribution in [-0.4, -0.2) is 19.0 Å². The van der Waals surface area contributed by atoms with Crippen LogP contribution in [0.4, 0.5) is 0 Å². The summed E-state index contributed by atoms with van der Waals surface area (Å²) in [5.74, 6) is 0.384. The number of carbonyl (C=O) groups excluding carboxylic acids is 1. The molecule has 0 aliphatic rings. The van der Waals surface area contributed by atoms with Crippen LogP contribution in [0.5, 0.6) is 0 Å². The molecule has 0 unspecified atom stereocenters. The number of halogens is 1. The maximum Gasteiger partial charge on any atom is 0.230 e. The van der Waals surface area contributed by atoms with E-state index in [1.54, 1.807) is 7.11 Å². The first kappa shape index (κ1) is 12.9. The van der Waals surface area contributed by atoms with Crippen molar-refractivity contribution in [1.29, 1.82) is 0 Å². The molecule has 0 fully saturated rings. The Morgan fingerprint density at radius 2 is 1.69 bits per heavy atom. The average molecular weight is 207 g/mol. The zero-order valence-electron chi connectivity index (χ0n) is 9.06. The quantitative estimate of drug-likeness (QED) is 0.647. The van der Waals surface area contributed by atoms with E-state index in [4.69, 9.17) is 16.3 Å². The Hall–Kier alpha value is -0.0800. The average Bonchev–Trinajstić information content (AvgIpc) is 1.97. The Bertz CT molecular complexity index is 168. The van der Waals surface area contributed by atoms with Crippen molar-refractivity contribution in [3.05, 3.63) is 0 Å². The summed E-state index contributed by atoms with van der Waals surface area (Å²) in [5, 5.41) is -0.292. The molecule has 2 nitrogen and oxygen atoms in total. The predicted octanol–water partition coefficient (Wildman–Crippen LogP) is 2.70. The Kier molecular flexibility index (Phi) is 4.93. The fourth-order valence-electron chi connectivity index (χ4n) is 1.75. The molecule has 78 valence electrons. The summed E-state index contributed by atoms with van der Waals surface area (Å²) in [7, 11) is 1.60. The lowest BCUT2D eigenvalue weighted by atomic mass is 9.70. The molecule has 0 aliphatic heterocycles. The van der Waals surface area contributed by atoms with E-state index < -0.39 is 5.41 Å². The molecule has 0 spiro atoms. The van der Waals surface area contributed by atoms with Crippen LogP contribution in [0.1, 0.15) is 27.7 Å². The van der Waals surface area contributed by atoms with Crippen molar-refractivity contribution in [2.24, 2.45) is 17.3 Å². The molecule has 0 atom stereocenters. The highest BCUT2D eigenvalue weighted by Crippen LogP contribution is 2.38. The molecule has 0 aromatic rings. The molecule has 13 heavy (non-hydrogen) atoms. The van der Waals surface area contributed by atoms with Gasteiger partial charge in [0.25, 0.3) is 0 Å². The standard InChI is InChI=1S/C10H19ClO2/c1-7(2)10(6-13-5,8(3)4)9(11)12/h7-8H,6H2,1-5H3. The van der Waals surface area contributed by atoms with E-state index in [1.165, 1.54) is 0 Å². The molecule has 0 radical (unpaired) electrons. The van der Waals surface area contributed by atoms with E-state index in [9.17, 15) is 4.79 Å². The monoisotopic (exact) mass is 206 g/mol. The second kappa shape index (κ2) is 4.97. The second-order valence-corrected chi connectivity index (χ2v) is 4.40. The van der Waals surface area contributed by atoms with Gasteiger partial charge in [0.05, 0.1) is 12.0 Å². The van der Waals surface area contributed by atoms with Crippen LogP contribution in [0.25, 0.3) is 0 Å². The van der Waals surface area contributed by atoms with Crippen molar-refractivity contribution >= 4 is 16.8 Å². The van der Waals surface area contributed by atoms with Crippen LogP contribution in [0.2, 0.25) is 0 Å². The third kappa shape index (κ3) is 2.44. The number of hydrogen-bond acceptors (Lipinski definition) is 2. The summed E-state index contributed by atoms with van der Waals surface area (Å²) >= 11 is 5.65. The highest BCUT2D eigenvalue weighted by molar-refractivity contribution is 6.64. The van der Waals surface area contributed by atoms with Gasteiger partial charge in [0.15, 0.2) is 0 Å². The van der Waals surface area contributed by atoms with Crippen LogP contribution in [0, 0.1) is 17.3 Å². The van der Waals surface area contributed by atoms with Crippen molar-refractivity contribution in [3.8, 4) is 0 Å². The normalized spacial score (nSPS) is 12.6. The molecule has 3 heteroatoms. The highest BCUT2D eigenvalue weighted by Gasteiger charge is 2.43. The first-order valence-corrected chi connectivity index (χ1v) is 4.96. The number of hydrogen-bond donors (Lipinski definition) is 0. The van der Waals surface area contributed by atoms with Gasteiger partial charge in [-0.15, -0.1) is 0 Å². The number of carbonyl (C=O) groups is 1. The fourth-order valence-corrected chi connectivity index (χ4v) is 2.24. The minimum atomic E-state index is -0.545. The predicted molar refractivity (Wildman–Crippen MR) is 54.8 cm³/mol. The van der Waals surface area contributed by atoms with Gasteiger partial charge in [-0.25, -0.2) is 0 Å². The number of methoxy groups -OCH3 is 1. The smallest absolute Gasteiger partial charge is 0.230 e. The van der Waals surface area contributed by atoms with Gasteiger partial charge in [0.2, 0.25) is 5.24 Å². The summed E-state index contributed by atoms with van der Waals surface area (Å²) in [6, 6.07) is 0. The molecule has 0 N–H and O–H groups in total. The maximum absolute atomic E-state index is 11.4. The van der Waals surface area contributed by atoms with Gasteiger partial charge < -0.3 is 4.74 Å². The molecule has 0 amide bonds. The van der Waals surface area contributed by atoms with Crippen molar-refractivity contribution < 1.29 is 9.53 Å². The zero-order valence-corrected chi connectivity index (χ0v) is 9.81. The van der Waals surface area contributed by atoms with Crippen molar-refractivity contribution in [1.82, 2.24) is 0 Å². The third-order valence-electron chi connectivity index (χ3n) is 2.81. The summed E-state index contributed by atoms with van der Waals surface area (Å²) in [6.07, 6.45) is 0. The second-order valence-electron chi connectivity index (χ2n) is 4.06. The highest BCUT2D eigenvalue weighted by atomic mass is 35.5. The molecule has 0 aromatic carbocycles. The van der Waals surface area contributed by atoms with Crippen molar-refractivity contribution in [2.45, 2.75) is 27.7 Å². The van der Waals surface area contributed by atoms with Crippen LogP contribution in [0.3, 0.4) is 0 Å². The largest absolute Gasteiger partial charge is 0.384 e. The van der Waals surface area contributed by atoms with Gasteiger partial charge in [-0.2, -0.15) is 0 Å². The third-order valence-corrected chi connectivity index (χ3v) is 3.16. The van der Waals surface area contributed by atoms with Crippen LogP contribution < -0.4 is 0 Å². The Morgan fingerprint density at radius 3 is 1.77 bits per heavy atom. The van der Waals surface area contributed by atoms with E-state index in [0.29, 0.717) is 6.61 Å². The van der Waals surface area contributed by atoms with E-state index >= 15 is 0 Å². The van der Waals surface area contributed by atoms with Crippen LogP contribution >= 0.6 is 11.6 Å². The lowest BCUT2D eigenvalue weighted by Gasteiger charge is -2.37. The summed E-state index contributed by atoms with van der Waals surface area (Å²) in [4.78, 5) is 11.4. The van der Waals surface area contributed by atoms with Gasteiger partial charge in [0, 0.05) is 7.11 Å². The number of ether oxygens (including phenoxy) is 1. The molecule has 0 saturated heterocycles. The van der Waals surface area contributed by atoms with Crippen molar-refractivity contribution in [2.75, 3.05) is 13.7 Å². The minimum Gasteiger partial charge on any atom is -0.384 e. The Morgan fingerprint density at radius 1 is 1.31 bits per heavy atom. The van der Waals surface area contributed by atoms with Gasteiger partial charge >= 0.3 is 0 Å². The molecule has 0 aliphatic carbocycles. The van der Waals surface area contributed by atoms with Crippen LogP contribution in [-0.2, 0) is 9.53 Å². The van der Waals surface area contributed by atoms with E-state index in [0.717, 1.165) is 0 Å². The zero-order chi connectivity index (χ0) is 10.6. The maximum atomic E-state index is 11.4. The molecular weight excluding hydrogens is 188 g/mol.